The molecule has 3 heterocycles. The van der Waals surface area contributed by atoms with Crippen molar-refractivity contribution in [3.05, 3.63) is 65.5 Å². The van der Waals surface area contributed by atoms with Gasteiger partial charge in [0, 0.05) is 57.5 Å². The van der Waals surface area contributed by atoms with Crippen molar-refractivity contribution in [3.8, 4) is 0 Å². The molecule has 30 heavy (non-hydrogen) atoms. The van der Waals surface area contributed by atoms with E-state index < -0.39 is 0 Å². The Bertz CT molecular complexity index is 876. The summed E-state index contributed by atoms with van der Waals surface area (Å²) in [4.78, 5) is 35.6. The Morgan fingerprint density at radius 2 is 1.70 bits per heavy atom. The number of hydrogen-bond acceptors (Lipinski definition) is 4. The number of aromatic nitrogens is 1. The van der Waals surface area contributed by atoms with Crippen molar-refractivity contribution < 1.29 is 9.59 Å². The lowest BCUT2D eigenvalue weighted by Crippen LogP contribution is -2.49. The lowest BCUT2D eigenvalue weighted by atomic mass is 9.92. The Morgan fingerprint density at radius 3 is 2.33 bits per heavy atom. The van der Waals surface area contributed by atoms with Gasteiger partial charge in [-0.05, 0) is 37.6 Å². The number of nitrogens with zero attached hydrogens (tertiary/aromatic N) is 4. The molecule has 0 aliphatic carbocycles. The van der Waals surface area contributed by atoms with Crippen LogP contribution in [-0.2, 0) is 4.79 Å². The summed E-state index contributed by atoms with van der Waals surface area (Å²) in [6, 6.07) is 14.2. The van der Waals surface area contributed by atoms with Gasteiger partial charge in [0.2, 0.25) is 5.91 Å². The third-order valence-corrected chi connectivity index (χ3v) is 6.42. The summed E-state index contributed by atoms with van der Waals surface area (Å²) in [5.41, 5.74) is 2.83. The van der Waals surface area contributed by atoms with E-state index >= 15 is 0 Å². The van der Waals surface area contributed by atoms with Gasteiger partial charge in [0.05, 0.1) is 11.6 Å². The zero-order valence-electron chi connectivity index (χ0n) is 17.8. The first-order chi connectivity index (χ1) is 14.5. The fraction of sp³-hybridized carbons (Fsp3) is 0.458. The first kappa shape index (κ1) is 20.5. The van der Waals surface area contributed by atoms with Gasteiger partial charge in [0.1, 0.15) is 0 Å². The summed E-state index contributed by atoms with van der Waals surface area (Å²) >= 11 is 0. The lowest BCUT2D eigenvalue weighted by molar-refractivity contribution is -0.129. The van der Waals surface area contributed by atoms with Crippen molar-refractivity contribution in [2.75, 3.05) is 39.8 Å². The zero-order chi connectivity index (χ0) is 21.1. The van der Waals surface area contributed by atoms with E-state index in [0.29, 0.717) is 18.0 Å². The maximum absolute atomic E-state index is 13.3. The molecule has 2 fully saturated rings. The molecule has 2 amide bonds. The monoisotopic (exact) mass is 406 g/mol. The number of likely N-dealkylation sites (N-methyl/N-ethyl adjacent to an activating group) is 1. The molecule has 0 radical (unpaired) electrons. The van der Waals surface area contributed by atoms with Crippen molar-refractivity contribution in [3.63, 3.8) is 0 Å². The highest BCUT2D eigenvalue weighted by Crippen LogP contribution is 2.29. The minimum atomic E-state index is 0.0439. The zero-order valence-corrected chi connectivity index (χ0v) is 17.8. The highest BCUT2D eigenvalue weighted by Gasteiger charge is 2.31. The number of amides is 2. The average Bonchev–Trinajstić information content (AvgIpc) is 2.79. The molecule has 1 aromatic carbocycles. The fourth-order valence-corrected chi connectivity index (χ4v) is 4.55. The number of carbonyl (C=O) groups is 2. The summed E-state index contributed by atoms with van der Waals surface area (Å²) in [5.74, 6) is 0.537. The third-order valence-electron chi connectivity index (χ3n) is 6.42. The Morgan fingerprint density at radius 1 is 0.967 bits per heavy atom. The van der Waals surface area contributed by atoms with Crippen LogP contribution in [0.2, 0.25) is 0 Å². The summed E-state index contributed by atoms with van der Waals surface area (Å²) in [6.45, 7) is 5.59. The van der Waals surface area contributed by atoms with Gasteiger partial charge >= 0.3 is 0 Å². The third kappa shape index (κ3) is 4.38. The molecule has 0 saturated carbocycles. The second-order valence-corrected chi connectivity index (χ2v) is 8.44. The van der Waals surface area contributed by atoms with Gasteiger partial charge in [-0.3, -0.25) is 14.6 Å². The number of carbonyl (C=O) groups excluding carboxylic acids is 2. The molecule has 0 spiro atoms. The second-order valence-electron chi connectivity index (χ2n) is 8.44. The van der Waals surface area contributed by atoms with Crippen LogP contribution >= 0.6 is 0 Å². The number of piperidine rings is 1. The molecule has 2 aliphatic heterocycles. The van der Waals surface area contributed by atoms with Gasteiger partial charge in [0.25, 0.3) is 5.91 Å². The van der Waals surface area contributed by atoms with Crippen molar-refractivity contribution >= 4 is 11.8 Å². The van der Waals surface area contributed by atoms with Gasteiger partial charge in [0.15, 0.2) is 0 Å². The van der Waals surface area contributed by atoms with E-state index in [1.54, 1.807) is 13.1 Å². The number of hydrogen-bond donors (Lipinski definition) is 0. The Kier molecular flexibility index (Phi) is 6.13. The van der Waals surface area contributed by atoms with Crippen LogP contribution in [-0.4, -0.2) is 71.3 Å². The lowest BCUT2D eigenvalue weighted by Gasteiger charge is -2.40. The van der Waals surface area contributed by atoms with E-state index in [0.717, 1.165) is 44.7 Å². The van der Waals surface area contributed by atoms with E-state index in [2.05, 4.69) is 29.1 Å². The van der Waals surface area contributed by atoms with Crippen LogP contribution in [0, 0.1) is 0 Å². The van der Waals surface area contributed by atoms with E-state index in [1.165, 1.54) is 5.56 Å². The fourth-order valence-electron chi connectivity index (χ4n) is 4.55. The Hall–Kier alpha value is -2.73. The molecule has 0 N–H and O–H groups in total. The highest BCUT2D eigenvalue weighted by atomic mass is 16.2. The summed E-state index contributed by atoms with van der Waals surface area (Å²) in [6.07, 6.45) is 3.58. The average molecular weight is 407 g/mol. The molecule has 6 nitrogen and oxygen atoms in total. The van der Waals surface area contributed by atoms with Crippen LogP contribution in [0.25, 0.3) is 0 Å². The largest absolute Gasteiger partial charge is 0.343 e. The SMILES string of the molecule is CC(=O)N1CCC(c2ccc(C(=O)N3CCN(C)C[C@H]3c3ccccc3)cn2)CC1. The van der Waals surface area contributed by atoms with E-state index in [1.807, 2.05) is 40.1 Å². The minimum Gasteiger partial charge on any atom is -0.343 e. The van der Waals surface area contributed by atoms with Crippen LogP contribution in [0.4, 0.5) is 0 Å². The molecule has 0 bridgehead atoms. The van der Waals surface area contributed by atoms with Gasteiger partial charge in [-0.25, -0.2) is 0 Å². The molecular weight excluding hydrogens is 376 g/mol. The van der Waals surface area contributed by atoms with Crippen molar-refractivity contribution in [1.29, 1.82) is 0 Å². The first-order valence-corrected chi connectivity index (χ1v) is 10.8. The molecular formula is C24H30N4O2. The van der Waals surface area contributed by atoms with E-state index in [4.69, 9.17) is 0 Å². The summed E-state index contributed by atoms with van der Waals surface area (Å²) in [5, 5.41) is 0. The van der Waals surface area contributed by atoms with Gasteiger partial charge < -0.3 is 14.7 Å². The van der Waals surface area contributed by atoms with Crippen molar-refractivity contribution in [1.82, 2.24) is 19.7 Å². The molecule has 2 aliphatic rings. The second kappa shape index (κ2) is 8.96. The predicted octanol–water partition coefficient (Wildman–Crippen LogP) is 2.94. The van der Waals surface area contributed by atoms with Gasteiger partial charge in [-0.1, -0.05) is 30.3 Å². The van der Waals surface area contributed by atoms with Crippen LogP contribution < -0.4 is 0 Å². The van der Waals surface area contributed by atoms with Crippen LogP contribution in [0.3, 0.4) is 0 Å². The summed E-state index contributed by atoms with van der Waals surface area (Å²) in [7, 11) is 2.10. The molecule has 1 aromatic heterocycles. The van der Waals surface area contributed by atoms with Crippen LogP contribution in [0.1, 0.15) is 53.3 Å². The van der Waals surface area contributed by atoms with Crippen molar-refractivity contribution in [2.45, 2.75) is 31.7 Å². The van der Waals surface area contributed by atoms with Crippen LogP contribution in [0.15, 0.2) is 48.7 Å². The molecule has 2 saturated heterocycles. The Balaban J connectivity index is 1.47. The number of rotatable bonds is 3. The molecule has 2 aromatic rings. The predicted molar refractivity (Wildman–Crippen MR) is 116 cm³/mol. The van der Waals surface area contributed by atoms with Crippen molar-refractivity contribution in [2.24, 2.45) is 0 Å². The quantitative estimate of drug-likeness (QED) is 0.787. The minimum absolute atomic E-state index is 0.0439. The van der Waals surface area contributed by atoms with E-state index in [-0.39, 0.29) is 17.9 Å². The standard InChI is InChI=1S/C24H30N4O2/c1-18(29)27-12-10-19(11-13-27)22-9-8-21(16-25-22)24(30)28-15-14-26(2)17-23(28)20-6-4-3-5-7-20/h3-9,16,19,23H,10-15,17H2,1-2H3/t23-/m0/s1. The Labute approximate surface area is 178 Å². The molecule has 0 unspecified atom stereocenters. The number of pyridine rings is 1. The summed E-state index contributed by atoms with van der Waals surface area (Å²) < 4.78 is 0. The maximum Gasteiger partial charge on any atom is 0.256 e. The normalized spacial score (nSPS) is 20.9. The van der Waals surface area contributed by atoms with Gasteiger partial charge in [-0.2, -0.15) is 0 Å². The topological polar surface area (TPSA) is 56.8 Å². The van der Waals surface area contributed by atoms with Gasteiger partial charge in [-0.15, -0.1) is 0 Å². The van der Waals surface area contributed by atoms with E-state index in [9.17, 15) is 9.59 Å². The number of piperazine rings is 1. The molecule has 1 atom stereocenters. The number of likely N-dealkylation sites (tertiary alicyclic amines) is 1. The first-order valence-electron chi connectivity index (χ1n) is 10.8. The maximum atomic E-state index is 13.3. The molecule has 158 valence electrons. The number of benzene rings is 1. The molecule has 4 rings (SSSR count). The smallest absolute Gasteiger partial charge is 0.256 e. The molecule has 6 heteroatoms. The van der Waals surface area contributed by atoms with Crippen LogP contribution in [0.5, 0.6) is 0 Å². The highest BCUT2D eigenvalue weighted by molar-refractivity contribution is 5.94.